The maximum absolute atomic E-state index is 13.6. The maximum atomic E-state index is 13.6. The van der Waals surface area contributed by atoms with Crippen molar-refractivity contribution in [3.63, 3.8) is 0 Å². The lowest BCUT2D eigenvalue weighted by Gasteiger charge is -2.09. The predicted octanol–water partition coefficient (Wildman–Crippen LogP) is 3.69. The van der Waals surface area contributed by atoms with E-state index in [0.717, 1.165) is 17.7 Å². The van der Waals surface area contributed by atoms with Gasteiger partial charge in [0, 0.05) is 6.54 Å². The van der Waals surface area contributed by atoms with Gasteiger partial charge in [0.1, 0.15) is 23.1 Å². The van der Waals surface area contributed by atoms with Crippen molar-refractivity contribution < 1.29 is 13.2 Å². The Hall–Kier alpha value is -3.16. The van der Waals surface area contributed by atoms with Crippen molar-refractivity contribution in [3.8, 4) is 0 Å². The van der Waals surface area contributed by atoms with Crippen LogP contribution >= 0.6 is 0 Å². The van der Waals surface area contributed by atoms with Gasteiger partial charge in [0.25, 0.3) is 0 Å². The van der Waals surface area contributed by atoms with Crippen LogP contribution in [0, 0.1) is 17.5 Å². The summed E-state index contributed by atoms with van der Waals surface area (Å²) >= 11 is 0. The molecule has 0 aliphatic heterocycles. The largest absolute Gasteiger partial charge is 0.368 e. The number of anilines is 3. The van der Waals surface area contributed by atoms with Gasteiger partial charge in [-0.15, -0.1) is 5.10 Å². The molecule has 3 aromatic rings. The number of para-hydroxylation sites is 1. The van der Waals surface area contributed by atoms with E-state index in [0.29, 0.717) is 18.8 Å². The summed E-state index contributed by atoms with van der Waals surface area (Å²) in [5.41, 5.74) is 0.621. The van der Waals surface area contributed by atoms with Crippen molar-refractivity contribution in [2.45, 2.75) is 6.42 Å². The fourth-order valence-electron chi connectivity index (χ4n) is 2.16. The van der Waals surface area contributed by atoms with Gasteiger partial charge in [0.2, 0.25) is 5.95 Å². The second kappa shape index (κ2) is 7.61. The summed E-state index contributed by atoms with van der Waals surface area (Å²) < 4.78 is 40.1. The van der Waals surface area contributed by atoms with Crippen molar-refractivity contribution in [2.75, 3.05) is 17.2 Å². The van der Waals surface area contributed by atoms with E-state index in [1.165, 1.54) is 24.4 Å². The van der Waals surface area contributed by atoms with Gasteiger partial charge in [-0.25, -0.2) is 13.2 Å². The highest BCUT2D eigenvalue weighted by atomic mass is 19.1. The molecule has 0 aliphatic carbocycles. The highest BCUT2D eigenvalue weighted by molar-refractivity contribution is 5.55. The molecule has 0 radical (unpaired) electrons. The Kier molecular flexibility index (Phi) is 5.08. The molecule has 5 nitrogen and oxygen atoms in total. The second-order valence-corrected chi connectivity index (χ2v) is 5.19. The zero-order chi connectivity index (χ0) is 17.6. The zero-order valence-corrected chi connectivity index (χ0v) is 13.0. The van der Waals surface area contributed by atoms with Crippen LogP contribution in [-0.2, 0) is 6.42 Å². The summed E-state index contributed by atoms with van der Waals surface area (Å²) in [5.74, 6) is -1.42. The Morgan fingerprint density at radius 3 is 2.36 bits per heavy atom. The van der Waals surface area contributed by atoms with Gasteiger partial charge < -0.3 is 10.6 Å². The van der Waals surface area contributed by atoms with Crippen LogP contribution in [-0.4, -0.2) is 21.7 Å². The van der Waals surface area contributed by atoms with Crippen LogP contribution in [0.3, 0.4) is 0 Å². The third kappa shape index (κ3) is 4.43. The molecule has 1 heterocycles. The third-order valence-electron chi connectivity index (χ3n) is 3.39. The van der Waals surface area contributed by atoms with Crippen LogP contribution in [0.5, 0.6) is 0 Å². The van der Waals surface area contributed by atoms with Crippen LogP contribution in [0.15, 0.2) is 48.7 Å². The minimum atomic E-state index is -0.752. The second-order valence-electron chi connectivity index (χ2n) is 5.19. The number of hydrogen-bond donors (Lipinski definition) is 2. The first-order valence-corrected chi connectivity index (χ1v) is 7.51. The molecule has 1 aromatic heterocycles. The average Bonchev–Trinajstić information content (AvgIpc) is 2.60. The molecule has 0 spiro atoms. The van der Waals surface area contributed by atoms with Crippen LogP contribution in [0.4, 0.5) is 30.6 Å². The predicted molar refractivity (Wildman–Crippen MR) is 88.1 cm³/mol. The van der Waals surface area contributed by atoms with E-state index in [9.17, 15) is 13.2 Å². The SMILES string of the molecule is Fc1ccc(CCNc2cnnc(Nc3c(F)cccc3F)n2)cc1. The van der Waals surface area contributed by atoms with Crippen LogP contribution in [0.1, 0.15) is 5.56 Å². The van der Waals surface area contributed by atoms with E-state index < -0.39 is 11.6 Å². The third-order valence-corrected chi connectivity index (χ3v) is 3.39. The van der Waals surface area contributed by atoms with E-state index in [1.807, 2.05) is 0 Å². The lowest BCUT2D eigenvalue weighted by atomic mass is 10.1. The Labute approximate surface area is 141 Å². The summed E-state index contributed by atoms with van der Waals surface area (Å²) in [5, 5.41) is 13.0. The number of hydrogen-bond acceptors (Lipinski definition) is 5. The molecule has 8 heteroatoms. The lowest BCUT2D eigenvalue weighted by molar-refractivity contribution is 0.590. The molecule has 25 heavy (non-hydrogen) atoms. The van der Waals surface area contributed by atoms with E-state index in [2.05, 4.69) is 25.8 Å². The summed E-state index contributed by atoms with van der Waals surface area (Å²) in [6, 6.07) is 9.71. The Bertz CT molecular complexity index is 835. The monoisotopic (exact) mass is 345 g/mol. The molecule has 0 aliphatic rings. The molecule has 2 N–H and O–H groups in total. The van der Waals surface area contributed by atoms with Crippen molar-refractivity contribution >= 4 is 17.5 Å². The first kappa shape index (κ1) is 16.7. The highest BCUT2D eigenvalue weighted by Gasteiger charge is 2.10. The van der Waals surface area contributed by atoms with Crippen LogP contribution < -0.4 is 10.6 Å². The summed E-state index contributed by atoms with van der Waals surface area (Å²) in [7, 11) is 0. The van der Waals surface area contributed by atoms with Crippen molar-refractivity contribution in [2.24, 2.45) is 0 Å². The average molecular weight is 345 g/mol. The van der Waals surface area contributed by atoms with Crippen molar-refractivity contribution in [1.82, 2.24) is 15.2 Å². The maximum Gasteiger partial charge on any atom is 0.249 e. The van der Waals surface area contributed by atoms with Crippen LogP contribution in [0.2, 0.25) is 0 Å². The molecule has 0 saturated carbocycles. The normalized spacial score (nSPS) is 10.5. The van der Waals surface area contributed by atoms with Gasteiger partial charge in [0.15, 0.2) is 5.82 Å². The number of benzene rings is 2. The first-order chi connectivity index (χ1) is 12.1. The minimum Gasteiger partial charge on any atom is -0.368 e. The van der Waals surface area contributed by atoms with Gasteiger partial charge in [-0.2, -0.15) is 10.1 Å². The number of halogens is 3. The van der Waals surface area contributed by atoms with Gasteiger partial charge in [-0.1, -0.05) is 18.2 Å². The Balaban J connectivity index is 1.62. The van der Waals surface area contributed by atoms with Crippen molar-refractivity contribution in [1.29, 1.82) is 0 Å². The number of aromatic nitrogens is 3. The van der Waals surface area contributed by atoms with Crippen LogP contribution in [0.25, 0.3) is 0 Å². The fourth-order valence-corrected chi connectivity index (χ4v) is 2.16. The smallest absolute Gasteiger partial charge is 0.249 e. The van der Waals surface area contributed by atoms with E-state index in [-0.39, 0.29) is 17.5 Å². The lowest BCUT2D eigenvalue weighted by Crippen LogP contribution is -2.09. The molecule has 128 valence electrons. The molecule has 0 saturated heterocycles. The summed E-state index contributed by atoms with van der Waals surface area (Å²) in [4.78, 5) is 4.11. The summed E-state index contributed by atoms with van der Waals surface area (Å²) in [6.07, 6.45) is 2.04. The number of rotatable bonds is 6. The number of nitrogens with zero attached hydrogens (tertiary/aromatic N) is 3. The first-order valence-electron chi connectivity index (χ1n) is 7.51. The molecule has 0 atom stereocenters. The Morgan fingerprint density at radius 2 is 1.64 bits per heavy atom. The van der Waals surface area contributed by atoms with E-state index >= 15 is 0 Å². The van der Waals surface area contributed by atoms with E-state index in [1.54, 1.807) is 12.1 Å². The van der Waals surface area contributed by atoms with Gasteiger partial charge >= 0.3 is 0 Å². The Morgan fingerprint density at radius 1 is 0.920 bits per heavy atom. The summed E-state index contributed by atoms with van der Waals surface area (Å²) in [6.45, 7) is 0.526. The minimum absolute atomic E-state index is 0.0317. The molecule has 0 unspecified atom stereocenters. The fraction of sp³-hybridized carbons (Fsp3) is 0.118. The molecular weight excluding hydrogens is 331 g/mol. The molecule has 0 bridgehead atoms. The van der Waals surface area contributed by atoms with E-state index in [4.69, 9.17) is 0 Å². The number of nitrogens with one attached hydrogen (secondary N) is 2. The molecule has 0 fully saturated rings. The van der Waals surface area contributed by atoms with Gasteiger partial charge in [0.05, 0.1) is 6.20 Å². The molecule has 0 amide bonds. The quantitative estimate of drug-likeness (QED) is 0.713. The standard InChI is InChI=1S/C17H14F3N5/c18-12-6-4-11(5-7-12)8-9-21-15-10-22-25-17(23-15)24-16-13(19)2-1-3-14(16)20/h1-7,10H,8-9H2,(H2,21,23,24,25). The molecular formula is C17H14F3N5. The molecule has 3 rings (SSSR count). The zero-order valence-electron chi connectivity index (χ0n) is 13.0. The topological polar surface area (TPSA) is 62.7 Å². The van der Waals surface area contributed by atoms with Gasteiger partial charge in [-0.3, -0.25) is 0 Å². The van der Waals surface area contributed by atoms with Gasteiger partial charge in [-0.05, 0) is 36.2 Å². The molecule has 2 aromatic carbocycles. The highest BCUT2D eigenvalue weighted by Crippen LogP contribution is 2.21. The van der Waals surface area contributed by atoms with Crippen molar-refractivity contribution in [3.05, 3.63) is 71.7 Å².